The summed E-state index contributed by atoms with van der Waals surface area (Å²) in [6.45, 7) is 8.37. The molecule has 2 bridgehead atoms. The quantitative estimate of drug-likeness (QED) is 0.0774. The Bertz CT molecular complexity index is 945. The summed E-state index contributed by atoms with van der Waals surface area (Å²) in [6.07, 6.45) is 4.67. The van der Waals surface area contributed by atoms with Crippen molar-refractivity contribution in [1.82, 2.24) is 0 Å². The smallest absolute Gasteiger partial charge is 0.331 e. The first-order valence-corrected chi connectivity index (χ1v) is 12.8. The van der Waals surface area contributed by atoms with E-state index >= 15 is 0 Å². The van der Waals surface area contributed by atoms with Crippen LogP contribution in [0.5, 0.6) is 0 Å². The van der Waals surface area contributed by atoms with E-state index in [1.54, 1.807) is 6.08 Å². The fraction of sp³-hybridized carbons (Fsp3) is 0.640. The molecule has 1 aliphatic carbocycles. The Balaban J connectivity index is 1.70. The number of allylic oxidation sites excluding steroid dienone is 1. The van der Waals surface area contributed by atoms with Gasteiger partial charge in [-0.1, -0.05) is 71.9 Å². The zero-order chi connectivity index (χ0) is 23.1. The molecule has 1 saturated carbocycles. The fourth-order valence-corrected chi connectivity index (χ4v) is 7.66. The van der Waals surface area contributed by atoms with Crippen molar-refractivity contribution in [3.8, 4) is 0 Å². The summed E-state index contributed by atoms with van der Waals surface area (Å²) >= 11 is 2.52. The second-order valence-electron chi connectivity index (χ2n) is 10.2. The Hall–Kier alpha value is -1.57. The number of benzene rings is 1. The highest BCUT2D eigenvalue weighted by Gasteiger charge is 2.70. The van der Waals surface area contributed by atoms with Gasteiger partial charge < -0.3 is 9.47 Å². The van der Waals surface area contributed by atoms with Crippen LogP contribution in [0.25, 0.3) is 16.0 Å². The van der Waals surface area contributed by atoms with E-state index in [9.17, 15) is 10.3 Å². The molecule has 4 rings (SSSR count). The van der Waals surface area contributed by atoms with E-state index < -0.39 is 11.2 Å². The molecule has 0 amide bonds. The van der Waals surface area contributed by atoms with Crippen molar-refractivity contribution in [2.24, 2.45) is 22.9 Å². The lowest BCUT2D eigenvalue weighted by molar-refractivity contribution is -0.244. The normalized spacial score (nSPS) is 38.3. The second kappa shape index (κ2) is 8.99. The number of rotatable bonds is 6. The van der Waals surface area contributed by atoms with Crippen molar-refractivity contribution in [3.63, 3.8) is 0 Å². The number of carbonyl (C=O) groups excluding carboxylic acids is 1. The molecule has 32 heavy (non-hydrogen) atoms. The third-order valence-corrected chi connectivity index (χ3v) is 9.07. The minimum Gasteiger partial charge on any atom is -0.456 e. The molecule has 0 N–H and O–H groups in total. The monoisotopic (exact) mass is 549 g/mol. The number of alkyl halides is 1. The zero-order valence-electron chi connectivity index (χ0n) is 19.2. The van der Waals surface area contributed by atoms with Gasteiger partial charge in [-0.25, -0.2) is 4.79 Å². The van der Waals surface area contributed by atoms with Crippen LogP contribution in [0.4, 0.5) is 0 Å². The summed E-state index contributed by atoms with van der Waals surface area (Å²) in [5, 5.41) is 4.18. The van der Waals surface area contributed by atoms with Crippen molar-refractivity contribution < 1.29 is 14.3 Å². The molecule has 6 nitrogen and oxygen atoms in total. The summed E-state index contributed by atoms with van der Waals surface area (Å²) < 4.78 is 13.5. The molecular formula is C25H32IN3O3. The maximum Gasteiger partial charge on any atom is 0.331 e. The molecule has 1 aromatic carbocycles. The molecule has 2 saturated heterocycles. The first-order chi connectivity index (χ1) is 15.2. The Morgan fingerprint density at radius 2 is 2.09 bits per heavy atom. The standard InChI is InChI=1S/C25H32IN3O3/c1-15(2)13-25-14-20(28-29-27)24(4,32-25)18-10-11-19(26)22(18)23(25)31-21(30)12-16(3)17-8-6-5-7-9-17/h5-9,12,15,18-20,22-23H,10-11,13-14H2,1-4H3/b16-12+. The van der Waals surface area contributed by atoms with E-state index in [1.807, 2.05) is 37.3 Å². The van der Waals surface area contributed by atoms with E-state index in [1.165, 1.54) is 0 Å². The van der Waals surface area contributed by atoms with Gasteiger partial charge in [-0.05, 0) is 68.0 Å². The highest BCUT2D eigenvalue weighted by molar-refractivity contribution is 14.1. The number of nitrogens with zero attached hydrogens (tertiary/aromatic N) is 3. The molecule has 3 aliphatic rings. The molecule has 0 aromatic heterocycles. The molecule has 2 aliphatic heterocycles. The largest absolute Gasteiger partial charge is 0.456 e. The fourth-order valence-electron chi connectivity index (χ4n) is 6.43. The van der Waals surface area contributed by atoms with E-state index in [4.69, 9.17) is 9.47 Å². The molecule has 172 valence electrons. The summed E-state index contributed by atoms with van der Waals surface area (Å²) in [7, 11) is 0. The van der Waals surface area contributed by atoms with Crippen molar-refractivity contribution >= 4 is 34.1 Å². The second-order valence-corrected chi connectivity index (χ2v) is 11.8. The molecule has 7 heteroatoms. The molecule has 2 heterocycles. The van der Waals surface area contributed by atoms with Crippen LogP contribution >= 0.6 is 22.6 Å². The van der Waals surface area contributed by atoms with Gasteiger partial charge in [-0.2, -0.15) is 0 Å². The Labute approximate surface area is 203 Å². The molecule has 0 spiro atoms. The van der Waals surface area contributed by atoms with Gasteiger partial charge in [0, 0.05) is 20.8 Å². The highest BCUT2D eigenvalue weighted by Crippen LogP contribution is 2.62. The summed E-state index contributed by atoms with van der Waals surface area (Å²) in [5.74, 6) is 0.437. The van der Waals surface area contributed by atoms with Crippen molar-refractivity contribution in [1.29, 1.82) is 0 Å². The predicted molar refractivity (Wildman–Crippen MR) is 133 cm³/mol. The van der Waals surface area contributed by atoms with E-state index in [0.717, 1.165) is 30.4 Å². The number of carbonyl (C=O) groups is 1. The van der Waals surface area contributed by atoms with Crippen molar-refractivity contribution in [3.05, 3.63) is 52.4 Å². The predicted octanol–water partition coefficient (Wildman–Crippen LogP) is 6.49. The third-order valence-electron chi connectivity index (χ3n) is 7.62. The Morgan fingerprint density at radius 1 is 1.38 bits per heavy atom. The summed E-state index contributed by atoms with van der Waals surface area (Å²) in [6, 6.07) is 9.62. The molecule has 0 radical (unpaired) electrons. The zero-order valence-corrected chi connectivity index (χ0v) is 21.4. The minimum absolute atomic E-state index is 0.196. The van der Waals surface area contributed by atoms with Gasteiger partial charge in [0.05, 0.1) is 11.6 Å². The molecule has 7 unspecified atom stereocenters. The van der Waals surface area contributed by atoms with Crippen LogP contribution < -0.4 is 0 Å². The lowest BCUT2D eigenvalue weighted by atomic mass is 9.72. The number of ether oxygens (including phenoxy) is 2. The lowest BCUT2D eigenvalue weighted by Crippen LogP contribution is -2.61. The number of halogens is 1. The van der Waals surface area contributed by atoms with E-state index in [0.29, 0.717) is 16.3 Å². The van der Waals surface area contributed by atoms with Gasteiger partial charge in [0.15, 0.2) is 0 Å². The summed E-state index contributed by atoms with van der Waals surface area (Å²) in [4.78, 5) is 16.3. The SMILES string of the molecule is C/C(=C\C(=O)OC1C2C(I)CCC2C2(C)OC1(CC(C)C)CC2N=[N+]=[N-])c1ccccc1. The number of esters is 1. The number of azide groups is 1. The molecular weight excluding hydrogens is 517 g/mol. The topological polar surface area (TPSA) is 84.3 Å². The number of hydrogen-bond acceptors (Lipinski definition) is 4. The van der Waals surface area contributed by atoms with Gasteiger partial charge >= 0.3 is 5.97 Å². The molecule has 7 atom stereocenters. The molecule has 3 fully saturated rings. The van der Waals surface area contributed by atoms with Crippen LogP contribution in [-0.4, -0.2) is 33.2 Å². The average Bonchev–Trinajstić information content (AvgIpc) is 3.24. The van der Waals surface area contributed by atoms with Crippen molar-refractivity contribution in [2.75, 3.05) is 0 Å². The van der Waals surface area contributed by atoms with E-state index in [-0.39, 0.29) is 30.0 Å². The Morgan fingerprint density at radius 3 is 2.75 bits per heavy atom. The van der Waals surface area contributed by atoms with Crippen LogP contribution in [0.2, 0.25) is 0 Å². The summed E-state index contributed by atoms with van der Waals surface area (Å²) in [5.41, 5.74) is 9.99. The van der Waals surface area contributed by atoms with Gasteiger partial charge in [0.2, 0.25) is 0 Å². The minimum atomic E-state index is -0.624. The van der Waals surface area contributed by atoms with Crippen LogP contribution in [0.1, 0.15) is 58.9 Å². The lowest BCUT2D eigenvalue weighted by Gasteiger charge is -2.52. The van der Waals surface area contributed by atoms with Crippen LogP contribution in [0.15, 0.2) is 41.5 Å². The number of hydrogen-bond donors (Lipinski definition) is 0. The Kier molecular flexibility index (Phi) is 6.63. The number of fused-ring (bicyclic) bond motifs is 4. The van der Waals surface area contributed by atoms with Crippen molar-refractivity contribution in [2.45, 2.75) is 80.7 Å². The van der Waals surface area contributed by atoms with Gasteiger partial charge in [-0.3, -0.25) is 0 Å². The maximum atomic E-state index is 13.1. The van der Waals surface area contributed by atoms with Gasteiger partial charge in [-0.15, -0.1) is 0 Å². The third kappa shape index (κ3) is 4.08. The molecule has 1 aromatic rings. The van der Waals surface area contributed by atoms with Crippen LogP contribution in [-0.2, 0) is 14.3 Å². The van der Waals surface area contributed by atoms with E-state index in [2.05, 4.69) is 53.4 Å². The maximum absolute atomic E-state index is 13.1. The first kappa shape index (κ1) is 23.6. The van der Waals surface area contributed by atoms with Gasteiger partial charge in [0.25, 0.3) is 0 Å². The van der Waals surface area contributed by atoms with Gasteiger partial charge in [0.1, 0.15) is 11.7 Å². The average molecular weight is 549 g/mol. The van der Waals surface area contributed by atoms with Crippen LogP contribution in [0.3, 0.4) is 0 Å². The first-order valence-electron chi connectivity index (χ1n) is 11.5. The highest BCUT2D eigenvalue weighted by atomic mass is 127. The van der Waals surface area contributed by atoms with Crippen LogP contribution in [0, 0.1) is 17.8 Å².